The molecule has 0 saturated carbocycles. The second kappa shape index (κ2) is 9.11. The highest BCUT2D eigenvalue weighted by Gasteiger charge is 2.28. The lowest BCUT2D eigenvalue weighted by Gasteiger charge is -2.39. The number of hydrogen-bond donors (Lipinski definition) is 1. The van der Waals surface area contributed by atoms with E-state index in [1.807, 2.05) is 37.8 Å². The summed E-state index contributed by atoms with van der Waals surface area (Å²) in [5.74, 6) is 1.54. The minimum Gasteiger partial charge on any atom is -0.495 e. The van der Waals surface area contributed by atoms with Crippen LogP contribution < -0.4 is 15.4 Å². The van der Waals surface area contributed by atoms with E-state index in [2.05, 4.69) is 15.9 Å². The molecule has 0 unspecified atom stereocenters. The minimum absolute atomic E-state index is 0.192. The Hall–Kier alpha value is -2.15. The third kappa shape index (κ3) is 5.92. The van der Waals surface area contributed by atoms with E-state index in [9.17, 15) is 4.79 Å². The summed E-state index contributed by atoms with van der Waals surface area (Å²) < 4.78 is 11.0. The first-order valence-corrected chi connectivity index (χ1v) is 10.6. The zero-order valence-electron chi connectivity index (χ0n) is 18.3. The molecule has 0 bridgehead atoms. The van der Waals surface area contributed by atoms with Crippen LogP contribution >= 0.6 is 0 Å². The Morgan fingerprint density at radius 3 is 2.34 bits per heavy atom. The highest BCUT2D eigenvalue weighted by atomic mass is 16.6. The maximum Gasteiger partial charge on any atom is 0.410 e. The van der Waals surface area contributed by atoms with E-state index in [-0.39, 0.29) is 6.09 Å². The fourth-order valence-corrected chi connectivity index (χ4v) is 4.12. The van der Waals surface area contributed by atoms with Gasteiger partial charge in [-0.05, 0) is 51.7 Å². The Balaban J connectivity index is 1.43. The number of carbonyl (C=O) groups is 1. The maximum atomic E-state index is 12.2. The molecule has 2 aliphatic heterocycles. The van der Waals surface area contributed by atoms with E-state index in [1.54, 1.807) is 7.11 Å². The Morgan fingerprint density at radius 1 is 1.10 bits per heavy atom. The largest absolute Gasteiger partial charge is 0.495 e. The predicted molar refractivity (Wildman–Crippen MR) is 117 cm³/mol. The van der Waals surface area contributed by atoms with Gasteiger partial charge in [-0.1, -0.05) is 0 Å². The van der Waals surface area contributed by atoms with Gasteiger partial charge in [0, 0.05) is 57.6 Å². The number of benzene rings is 1. The van der Waals surface area contributed by atoms with Gasteiger partial charge in [0.05, 0.1) is 12.8 Å². The van der Waals surface area contributed by atoms with Crippen molar-refractivity contribution in [2.24, 2.45) is 5.92 Å². The molecule has 2 saturated heterocycles. The fraction of sp³-hybridized carbons (Fsp3) is 0.682. The minimum atomic E-state index is -0.435. The molecule has 29 heavy (non-hydrogen) atoms. The van der Waals surface area contributed by atoms with Gasteiger partial charge in [0.25, 0.3) is 0 Å². The van der Waals surface area contributed by atoms with Crippen LogP contribution in [-0.2, 0) is 4.74 Å². The first-order chi connectivity index (χ1) is 13.7. The second-order valence-electron chi connectivity index (χ2n) is 9.13. The number of hydrogen-bond acceptors (Lipinski definition) is 6. The summed E-state index contributed by atoms with van der Waals surface area (Å²) in [6.07, 6.45) is 2.14. The van der Waals surface area contributed by atoms with Gasteiger partial charge in [-0.2, -0.15) is 0 Å². The van der Waals surface area contributed by atoms with E-state index in [0.717, 1.165) is 62.9 Å². The standard InChI is InChI=1S/C22H36N4O3/c1-22(2,3)29-21(27)26-13-11-24(12-14-26)16-17-7-9-25(10-8-17)19-6-5-18(23)15-20(19)28-4/h5-6,15,17H,7-14,16,23H2,1-4H3. The molecule has 1 amide bonds. The Labute approximate surface area is 174 Å². The normalized spacial score (nSPS) is 19.3. The molecule has 0 aromatic heterocycles. The fourth-order valence-electron chi connectivity index (χ4n) is 4.12. The summed E-state index contributed by atoms with van der Waals surface area (Å²) in [5, 5.41) is 0. The van der Waals surface area contributed by atoms with Gasteiger partial charge in [-0.25, -0.2) is 4.79 Å². The molecule has 2 heterocycles. The lowest BCUT2D eigenvalue weighted by molar-refractivity contribution is 0.0130. The van der Waals surface area contributed by atoms with E-state index in [1.165, 1.54) is 12.8 Å². The van der Waals surface area contributed by atoms with E-state index >= 15 is 0 Å². The van der Waals surface area contributed by atoms with Crippen molar-refractivity contribution in [3.8, 4) is 5.75 Å². The molecular formula is C22H36N4O3. The van der Waals surface area contributed by atoms with Crippen LogP contribution in [0.1, 0.15) is 33.6 Å². The number of nitrogens with zero attached hydrogens (tertiary/aromatic N) is 3. The summed E-state index contributed by atoms with van der Waals surface area (Å²) >= 11 is 0. The summed E-state index contributed by atoms with van der Waals surface area (Å²) in [5.41, 5.74) is 7.30. The molecule has 2 N–H and O–H groups in total. The number of amides is 1. The van der Waals surface area contributed by atoms with Gasteiger partial charge in [-0.15, -0.1) is 0 Å². The molecule has 7 nitrogen and oxygen atoms in total. The highest BCUT2D eigenvalue weighted by molar-refractivity contribution is 5.68. The Kier molecular flexibility index (Phi) is 6.77. The van der Waals surface area contributed by atoms with Gasteiger partial charge in [0.2, 0.25) is 0 Å². The van der Waals surface area contributed by atoms with Crippen LogP contribution in [0.5, 0.6) is 5.75 Å². The number of methoxy groups -OCH3 is 1. The van der Waals surface area contributed by atoms with Crippen LogP contribution in [0.2, 0.25) is 0 Å². The van der Waals surface area contributed by atoms with Gasteiger partial charge >= 0.3 is 6.09 Å². The highest BCUT2D eigenvalue weighted by Crippen LogP contribution is 2.33. The van der Waals surface area contributed by atoms with Crippen molar-refractivity contribution < 1.29 is 14.3 Å². The molecule has 162 valence electrons. The van der Waals surface area contributed by atoms with Gasteiger partial charge in [-0.3, -0.25) is 4.90 Å². The van der Waals surface area contributed by atoms with Crippen molar-refractivity contribution in [3.05, 3.63) is 18.2 Å². The van der Waals surface area contributed by atoms with Crippen LogP contribution in [0.3, 0.4) is 0 Å². The number of anilines is 2. The first kappa shape index (κ1) is 21.6. The quantitative estimate of drug-likeness (QED) is 0.778. The van der Waals surface area contributed by atoms with Crippen LogP contribution in [0, 0.1) is 5.92 Å². The average molecular weight is 405 g/mol. The van der Waals surface area contributed by atoms with Crippen LogP contribution in [0.25, 0.3) is 0 Å². The number of piperazine rings is 1. The average Bonchev–Trinajstić information content (AvgIpc) is 2.68. The van der Waals surface area contributed by atoms with Gasteiger partial charge < -0.3 is 25.0 Å². The summed E-state index contributed by atoms with van der Waals surface area (Å²) in [4.78, 5) is 18.9. The van der Waals surface area contributed by atoms with Crippen LogP contribution in [0.15, 0.2) is 18.2 Å². The molecule has 1 aromatic carbocycles. The van der Waals surface area contributed by atoms with Gasteiger partial charge in [0.1, 0.15) is 11.4 Å². The lowest BCUT2D eigenvalue weighted by Crippen LogP contribution is -2.51. The molecule has 0 spiro atoms. The van der Waals surface area contributed by atoms with Crippen molar-refractivity contribution in [2.45, 2.75) is 39.2 Å². The molecule has 3 rings (SSSR count). The number of rotatable bonds is 4. The van der Waals surface area contributed by atoms with Crippen molar-refractivity contribution in [1.82, 2.24) is 9.80 Å². The lowest BCUT2D eigenvalue weighted by atomic mass is 9.95. The monoisotopic (exact) mass is 404 g/mol. The zero-order chi connectivity index (χ0) is 21.0. The molecule has 0 atom stereocenters. The molecule has 2 fully saturated rings. The summed E-state index contributed by atoms with van der Waals surface area (Å²) in [6, 6.07) is 5.89. The van der Waals surface area contributed by atoms with Gasteiger partial charge in [0.15, 0.2) is 0 Å². The number of nitrogens with two attached hydrogens (primary N) is 1. The molecular weight excluding hydrogens is 368 g/mol. The molecule has 7 heteroatoms. The summed E-state index contributed by atoms with van der Waals surface area (Å²) in [7, 11) is 1.70. The van der Waals surface area contributed by atoms with Crippen molar-refractivity contribution in [2.75, 3.05) is 63.6 Å². The Bertz CT molecular complexity index is 688. The maximum absolute atomic E-state index is 12.2. The molecule has 0 aliphatic carbocycles. The van der Waals surface area contributed by atoms with Crippen LogP contribution in [-0.4, -0.2) is 74.4 Å². The van der Waals surface area contributed by atoms with Crippen LogP contribution in [0.4, 0.5) is 16.2 Å². The van der Waals surface area contributed by atoms with E-state index in [0.29, 0.717) is 5.92 Å². The van der Waals surface area contributed by atoms with Crippen molar-refractivity contribution in [1.29, 1.82) is 0 Å². The topological polar surface area (TPSA) is 71.3 Å². The predicted octanol–water partition coefficient (Wildman–Crippen LogP) is 3.05. The molecule has 1 aromatic rings. The first-order valence-electron chi connectivity index (χ1n) is 10.6. The molecule has 2 aliphatic rings. The number of carbonyl (C=O) groups excluding carboxylic acids is 1. The van der Waals surface area contributed by atoms with E-state index < -0.39 is 5.60 Å². The third-order valence-corrected chi connectivity index (χ3v) is 5.70. The van der Waals surface area contributed by atoms with Crippen molar-refractivity contribution in [3.63, 3.8) is 0 Å². The Morgan fingerprint density at radius 2 is 1.76 bits per heavy atom. The second-order valence-corrected chi connectivity index (χ2v) is 9.13. The zero-order valence-corrected chi connectivity index (χ0v) is 18.3. The summed E-state index contributed by atoms with van der Waals surface area (Å²) in [6.45, 7) is 12.2. The molecule has 0 radical (unpaired) electrons. The van der Waals surface area contributed by atoms with Crippen molar-refractivity contribution >= 4 is 17.5 Å². The number of piperidine rings is 1. The third-order valence-electron chi connectivity index (χ3n) is 5.70. The SMILES string of the molecule is COc1cc(N)ccc1N1CCC(CN2CCN(C(=O)OC(C)(C)C)CC2)CC1. The number of nitrogen functional groups attached to an aromatic ring is 1. The number of ether oxygens (including phenoxy) is 2. The smallest absolute Gasteiger partial charge is 0.410 e. The van der Waals surface area contributed by atoms with E-state index in [4.69, 9.17) is 15.2 Å².